The van der Waals surface area contributed by atoms with Crippen LogP contribution in [0.1, 0.15) is 84.0 Å². The molecule has 0 fully saturated rings. The van der Waals surface area contributed by atoms with Crippen molar-refractivity contribution >= 4 is 11.7 Å². The zero-order chi connectivity index (χ0) is 18.2. The molecule has 1 aliphatic heterocycles. The summed E-state index contributed by atoms with van der Waals surface area (Å²) in [7, 11) is 1.38. The number of nitrogens with zero attached hydrogens (tertiary/aromatic N) is 1. The fourth-order valence-electron chi connectivity index (χ4n) is 2.83. The smallest absolute Gasteiger partial charge is 0.311 e. The van der Waals surface area contributed by atoms with Gasteiger partial charge in [0.25, 0.3) is 0 Å². The highest BCUT2D eigenvalue weighted by Gasteiger charge is 2.20. The minimum atomic E-state index is -0.271. The van der Waals surface area contributed by atoms with Gasteiger partial charge in [-0.25, -0.2) is 0 Å². The van der Waals surface area contributed by atoms with Gasteiger partial charge in [0.05, 0.1) is 19.2 Å². The second kappa shape index (κ2) is 14.7. The molecule has 0 amide bonds. The van der Waals surface area contributed by atoms with Gasteiger partial charge in [-0.15, -0.1) is 0 Å². The number of hydrogen-bond donors (Lipinski definition) is 0. The van der Waals surface area contributed by atoms with Gasteiger partial charge >= 0.3 is 5.97 Å². The Labute approximate surface area is 153 Å². The fourth-order valence-corrected chi connectivity index (χ4v) is 2.83. The second-order valence-corrected chi connectivity index (χ2v) is 6.69. The molecule has 0 N–H and O–H groups in total. The van der Waals surface area contributed by atoms with E-state index in [-0.39, 0.29) is 18.5 Å². The molecule has 1 unspecified atom stereocenters. The van der Waals surface area contributed by atoms with E-state index >= 15 is 0 Å². The SMILES string of the molecule is CCCCCCCCCCC/C=C\C=C\C1CC(CC(=O)OC)=NO1. The maximum absolute atomic E-state index is 11.2. The Balaban J connectivity index is 1.95. The summed E-state index contributed by atoms with van der Waals surface area (Å²) >= 11 is 0. The quantitative estimate of drug-likeness (QED) is 0.229. The van der Waals surface area contributed by atoms with Crippen LogP contribution in [0.5, 0.6) is 0 Å². The lowest BCUT2D eigenvalue weighted by Gasteiger charge is -2.00. The molecule has 0 radical (unpaired) electrons. The van der Waals surface area contributed by atoms with Crippen molar-refractivity contribution in [3.8, 4) is 0 Å². The number of carbonyl (C=O) groups is 1. The third-order valence-corrected chi connectivity index (χ3v) is 4.38. The minimum absolute atomic E-state index is 0.0583. The normalized spacial score (nSPS) is 17.2. The Kier molecular flexibility index (Phi) is 12.7. The molecule has 0 aromatic carbocycles. The highest BCUT2D eigenvalue weighted by atomic mass is 16.6. The molecule has 1 atom stereocenters. The lowest BCUT2D eigenvalue weighted by atomic mass is 10.1. The molecule has 0 saturated heterocycles. The van der Waals surface area contributed by atoms with Crippen molar-refractivity contribution in [3.63, 3.8) is 0 Å². The molecule has 142 valence electrons. The van der Waals surface area contributed by atoms with E-state index in [9.17, 15) is 4.79 Å². The molecule has 1 aliphatic rings. The van der Waals surface area contributed by atoms with Gasteiger partial charge in [0.15, 0.2) is 6.10 Å². The summed E-state index contributed by atoms with van der Waals surface area (Å²) in [6.45, 7) is 2.26. The van der Waals surface area contributed by atoms with Crippen molar-refractivity contribution in [2.75, 3.05) is 7.11 Å². The fraction of sp³-hybridized carbons (Fsp3) is 0.714. The van der Waals surface area contributed by atoms with Gasteiger partial charge in [-0.1, -0.05) is 81.7 Å². The zero-order valence-electron chi connectivity index (χ0n) is 16.0. The zero-order valence-corrected chi connectivity index (χ0v) is 16.0. The van der Waals surface area contributed by atoms with Crippen molar-refractivity contribution < 1.29 is 14.4 Å². The van der Waals surface area contributed by atoms with Crippen LogP contribution >= 0.6 is 0 Å². The van der Waals surface area contributed by atoms with Crippen LogP contribution in [0.15, 0.2) is 29.5 Å². The van der Waals surface area contributed by atoms with Crippen LogP contribution in [0.4, 0.5) is 0 Å². The van der Waals surface area contributed by atoms with Gasteiger partial charge in [-0.05, 0) is 18.9 Å². The topological polar surface area (TPSA) is 47.9 Å². The summed E-state index contributed by atoms with van der Waals surface area (Å²) in [5.41, 5.74) is 0.750. The van der Waals surface area contributed by atoms with E-state index < -0.39 is 0 Å². The molecule has 0 aliphatic carbocycles. The molecule has 1 rings (SSSR count). The number of esters is 1. The number of rotatable bonds is 14. The third kappa shape index (κ3) is 11.6. The summed E-state index contributed by atoms with van der Waals surface area (Å²) in [4.78, 5) is 16.4. The number of unbranched alkanes of at least 4 members (excludes halogenated alkanes) is 9. The van der Waals surface area contributed by atoms with Crippen LogP contribution in [0.2, 0.25) is 0 Å². The average Bonchev–Trinajstić information content (AvgIpc) is 3.06. The predicted octanol–water partition coefficient (Wildman–Crippen LogP) is 5.73. The number of hydrogen-bond acceptors (Lipinski definition) is 4. The molecule has 0 bridgehead atoms. The predicted molar refractivity (Wildman–Crippen MR) is 104 cm³/mol. The molecule has 4 heteroatoms. The molecular formula is C21H35NO3. The molecule has 4 nitrogen and oxygen atoms in total. The largest absolute Gasteiger partial charge is 0.469 e. The first-order chi connectivity index (χ1) is 12.3. The van der Waals surface area contributed by atoms with Gasteiger partial charge in [-0.2, -0.15) is 0 Å². The number of ether oxygens (including phenoxy) is 1. The monoisotopic (exact) mass is 349 g/mol. The summed E-state index contributed by atoms with van der Waals surface area (Å²) in [5, 5.41) is 3.93. The van der Waals surface area contributed by atoms with Crippen molar-refractivity contribution in [2.24, 2.45) is 5.16 Å². The number of allylic oxidation sites excluding steroid dienone is 3. The summed E-state index contributed by atoms with van der Waals surface area (Å²) in [5.74, 6) is -0.271. The number of methoxy groups -OCH3 is 1. The third-order valence-electron chi connectivity index (χ3n) is 4.38. The average molecular weight is 350 g/mol. The second-order valence-electron chi connectivity index (χ2n) is 6.69. The summed E-state index contributed by atoms with van der Waals surface area (Å²) in [6.07, 6.45) is 22.5. The van der Waals surface area contributed by atoms with E-state index in [1.54, 1.807) is 0 Å². The van der Waals surface area contributed by atoms with Gasteiger partial charge in [0.2, 0.25) is 0 Å². The van der Waals surface area contributed by atoms with Gasteiger partial charge in [0.1, 0.15) is 0 Å². The molecule has 0 spiro atoms. The Morgan fingerprint density at radius 3 is 2.48 bits per heavy atom. The van der Waals surface area contributed by atoms with Crippen LogP contribution in [0.3, 0.4) is 0 Å². The number of carbonyl (C=O) groups excluding carboxylic acids is 1. The Morgan fingerprint density at radius 2 is 1.80 bits per heavy atom. The van der Waals surface area contributed by atoms with E-state index in [1.165, 1.54) is 64.9 Å². The van der Waals surface area contributed by atoms with Crippen LogP contribution in [-0.4, -0.2) is 24.9 Å². The first-order valence-electron chi connectivity index (χ1n) is 9.88. The summed E-state index contributed by atoms with van der Waals surface area (Å²) in [6, 6.07) is 0. The Morgan fingerprint density at radius 1 is 1.12 bits per heavy atom. The van der Waals surface area contributed by atoms with Gasteiger partial charge in [0, 0.05) is 6.42 Å². The van der Waals surface area contributed by atoms with Crippen molar-refractivity contribution in [3.05, 3.63) is 24.3 Å². The van der Waals surface area contributed by atoms with Crippen LogP contribution < -0.4 is 0 Å². The van der Waals surface area contributed by atoms with Crippen LogP contribution in [-0.2, 0) is 14.4 Å². The standard InChI is InChI=1S/C21H35NO3/c1-3-4-5-6-7-8-9-10-11-12-13-14-15-16-20-17-19(22-25-20)18-21(23)24-2/h13-16,20H,3-12,17-18H2,1-2H3/b14-13-,16-15+. The highest BCUT2D eigenvalue weighted by Crippen LogP contribution is 2.14. The molecule has 25 heavy (non-hydrogen) atoms. The minimum Gasteiger partial charge on any atom is -0.469 e. The maximum atomic E-state index is 11.2. The lowest BCUT2D eigenvalue weighted by molar-refractivity contribution is -0.139. The Hall–Kier alpha value is -1.58. The molecule has 0 aromatic rings. The van der Waals surface area contributed by atoms with E-state index in [0.29, 0.717) is 6.42 Å². The van der Waals surface area contributed by atoms with Crippen LogP contribution in [0, 0.1) is 0 Å². The van der Waals surface area contributed by atoms with Gasteiger partial charge < -0.3 is 9.57 Å². The Bertz CT molecular complexity index is 440. The van der Waals surface area contributed by atoms with Crippen LogP contribution in [0.25, 0.3) is 0 Å². The number of oxime groups is 1. The van der Waals surface area contributed by atoms with Crippen molar-refractivity contribution in [2.45, 2.75) is 90.1 Å². The molecule has 0 saturated carbocycles. The molecule has 1 heterocycles. The van der Waals surface area contributed by atoms with E-state index in [0.717, 1.165) is 12.1 Å². The maximum Gasteiger partial charge on any atom is 0.311 e. The first-order valence-corrected chi connectivity index (χ1v) is 9.88. The lowest BCUT2D eigenvalue weighted by Crippen LogP contribution is -2.10. The summed E-state index contributed by atoms with van der Waals surface area (Å²) < 4.78 is 4.63. The van der Waals surface area contributed by atoms with Gasteiger partial charge in [-0.3, -0.25) is 4.79 Å². The first kappa shape index (κ1) is 21.5. The molecular weight excluding hydrogens is 314 g/mol. The van der Waals surface area contributed by atoms with E-state index in [2.05, 4.69) is 29.0 Å². The van der Waals surface area contributed by atoms with E-state index in [4.69, 9.17) is 4.84 Å². The van der Waals surface area contributed by atoms with Crippen molar-refractivity contribution in [1.82, 2.24) is 0 Å². The molecule has 0 aromatic heterocycles. The van der Waals surface area contributed by atoms with Crippen molar-refractivity contribution in [1.29, 1.82) is 0 Å². The van der Waals surface area contributed by atoms with E-state index in [1.807, 2.05) is 12.2 Å². The highest BCUT2D eigenvalue weighted by molar-refractivity contribution is 5.99.